The number of aliphatic hydroxyl groups is 1. The molecular formula is C26H27KN6O4. The summed E-state index contributed by atoms with van der Waals surface area (Å²) in [6, 6.07) is 17.1. The zero-order valence-corrected chi connectivity index (χ0v) is 23.8. The van der Waals surface area contributed by atoms with Crippen LogP contribution >= 0.6 is 0 Å². The molecule has 1 aliphatic rings. The molecule has 10 nitrogen and oxygen atoms in total. The number of hydrogen-bond acceptors (Lipinski definition) is 8. The van der Waals surface area contributed by atoms with E-state index in [0.29, 0.717) is 30.4 Å². The molecule has 5 rings (SSSR count). The third-order valence-electron chi connectivity index (χ3n) is 6.73. The van der Waals surface area contributed by atoms with Gasteiger partial charge in [0.1, 0.15) is 5.82 Å². The van der Waals surface area contributed by atoms with Crippen LogP contribution in [0.3, 0.4) is 0 Å². The molecule has 1 aliphatic heterocycles. The molecule has 4 aromatic rings. The van der Waals surface area contributed by atoms with Crippen molar-refractivity contribution in [2.45, 2.75) is 32.0 Å². The third-order valence-corrected chi connectivity index (χ3v) is 6.73. The zero-order valence-electron chi connectivity index (χ0n) is 20.7. The number of aromatic nitrogens is 4. The van der Waals surface area contributed by atoms with E-state index in [1.165, 1.54) is 22.9 Å². The Kier molecular flexibility index (Phi) is 8.83. The van der Waals surface area contributed by atoms with Gasteiger partial charge >= 0.3 is 51.4 Å². The number of para-hydroxylation sites is 2. The molecule has 0 bridgehead atoms. The van der Waals surface area contributed by atoms with Crippen LogP contribution in [0.4, 0.5) is 11.8 Å². The molecule has 0 amide bonds. The maximum Gasteiger partial charge on any atom is 1.00 e. The van der Waals surface area contributed by atoms with Gasteiger partial charge in [-0.25, -0.2) is 9.67 Å². The fourth-order valence-corrected chi connectivity index (χ4v) is 4.84. The van der Waals surface area contributed by atoms with Gasteiger partial charge < -0.3 is 30.2 Å². The van der Waals surface area contributed by atoms with Crippen LogP contribution in [0.2, 0.25) is 0 Å². The Morgan fingerprint density at radius 1 is 1.16 bits per heavy atom. The van der Waals surface area contributed by atoms with Crippen LogP contribution in [-0.2, 0) is 13.1 Å². The number of carboxylic acids is 1. The number of hydrogen-bond donors (Lipinski definition) is 2. The van der Waals surface area contributed by atoms with E-state index in [1.54, 1.807) is 18.2 Å². The van der Waals surface area contributed by atoms with Crippen LogP contribution in [0.25, 0.3) is 11.0 Å². The van der Waals surface area contributed by atoms with Crippen molar-refractivity contribution in [2.24, 2.45) is 5.92 Å². The number of anilines is 2. The number of fused-ring (bicyclic) bond motifs is 1. The van der Waals surface area contributed by atoms with Gasteiger partial charge in [0.15, 0.2) is 0 Å². The van der Waals surface area contributed by atoms with Crippen molar-refractivity contribution < 1.29 is 66.4 Å². The fraction of sp³-hybridized carbons (Fsp3) is 0.308. The van der Waals surface area contributed by atoms with Crippen LogP contribution in [-0.4, -0.2) is 49.6 Å². The Morgan fingerprint density at radius 2 is 1.97 bits per heavy atom. The van der Waals surface area contributed by atoms with Gasteiger partial charge in [0.2, 0.25) is 5.95 Å². The van der Waals surface area contributed by atoms with Crippen LogP contribution in [0, 0.1) is 5.92 Å². The number of nitrogens with zero attached hydrogens (tertiary/aromatic N) is 5. The first-order chi connectivity index (χ1) is 17.4. The topological polar surface area (TPSA) is 142 Å². The van der Waals surface area contributed by atoms with E-state index in [2.05, 4.69) is 15.0 Å². The third kappa shape index (κ3) is 6.14. The summed E-state index contributed by atoms with van der Waals surface area (Å²) in [7, 11) is 0. The second-order valence-corrected chi connectivity index (χ2v) is 9.16. The zero-order chi connectivity index (χ0) is 25.2. The van der Waals surface area contributed by atoms with E-state index in [0.717, 1.165) is 30.4 Å². The molecule has 1 fully saturated rings. The standard InChI is InChI=1S/C26H28N6O4.K/c27-26-28-20-8-1-2-9-21(20)31(26)16-22(33)19-7-4-12-30(15-19)23-10-11-24(34)32(29-23)14-17-5-3-6-18(13-17)25(35)36;/h1-3,5-6,8-11,13,19,22,33H,4,7,12,14-16H2,(H2,27,28)(H,35,36);/q;+1/p-1. The predicted molar refractivity (Wildman–Crippen MR) is 133 cm³/mol. The maximum absolute atomic E-state index is 12.5. The van der Waals surface area contributed by atoms with E-state index in [1.807, 2.05) is 28.8 Å². The first kappa shape index (κ1) is 27.5. The number of nitrogen functional groups attached to an aromatic ring is 1. The Morgan fingerprint density at radius 3 is 2.78 bits per heavy atom. The summed E-state index contributed by atoms with van der Waals surface area (Å²) >= 11 is 0. The average Bonchev–Trinajstić information content (AvgIpc) is 3.20. The number of nitrogens with two attached hydrogens (primary N) is 1. The minimum Gasteiger partial charge on any atom is -0.545 e. The van der Waals surface area contributed by atoms with E-state index < -0.39 is 12.1 Å². The van der Waals surface area contributed by atoms with E-state index in [4.69, 9.17) is 5.73 Å². The number of rotatable bonds is 7. The van der Waals surface area contributed by atoms with Gasteiger partial charge in [-0.05, 0) is 48.2 Å². The number of aliphatic hydroxyl groups excluding tert-OH is 1. The molecule has 0 aliphatic carbocycles. The molecule has 1 saturated heterocycles. The fourth-order valence-electron chi connectivity index (χ4n) is 4.84. The van der Waals surface area contributed by atoms with Crippen LogP contribution in [0.5, 0.6) is 0 Å². The molecule has 2 unspecified atom stereocenters. The van der Waals surface area contributed by atoms with E-state index in [9.17, 15) is 19.8 Å². The first-order valence-corrected chi connectivity index (χ1v) is 11.9. The summed E-state index contributed by atoms with van der Waals surface area (Å²) in [5, 5.41) is 26.8. The van der Waals surface area contributed by atoms with Gasteiger partial charge in [-0.2, -0.15) is 5.10 Å². The average molecular weight is 527 g/mol. The largest absolute Gasteiger partial charge is 1.00 e. The van der Waals surface area contributed by atoms with Crippen molar-refractivity contribution in [3.8, 4) is 0 Å². The van der Waals surface area contributed by atoms with Gasteiger partial charge in [-0.3, -0.25) is 4.79 Å². The molecule has 2 atom stereocenters. The van der Waals surface area contributed by atoms with Gasteiger partial charge in [0.25, 0.3) is 5.56 Å². The van der Waals surface area contributed by atoms with Crippen molar-refractivity contribution in [1.29, 1.82) is 0 Å². The summed E-state index contributed by atoms with van der Waals surface area (Å²) in [5.41, 5.74) is 8.21. The van der Waals surface area contributed by atoms with Gasteiger partial charge in [-0.15, -0.1) is 0 Å². The van der Waals surface area contributed by atoms with Gasteiger partial charge in [0.05, 0.1) is 36.2 Å². The monoisotopic (exact) mass is 526 g/mol. The van der Waals surface area contributed by atoms with Gasteiger partial charge in [0, 0.05) is 25.1 Å². The molecule has 11 heteroatoms. The minimum absolute atomic E-state index is 0. The number of benzene rings is 2. The molecule has 0 spiro atoms. The van der Waals surface area contributed by atoms with Crippen molar-refractivity contribution in [2.75, 3.05) is 23.7 Å². The summed E-state index contributed by atoms with van der Waals surface area (Å²) in [4.78, 5) is 30.1. The van der Waals surface area contributed by atoms with Crippen LogP contribution in [0.1, 0.15) is 28.8 Å². The number of carboxylic acid groups (broad SMARTS) is 1. The minimum atomic E-state index is -1.27. The SMILES string of the molecule is Nc1nc2ccccc2n1CC(O)C1CCCN(c2ccc(=O)n(Cc3cccc(C(=O)[O-])c3)n2)C1.[K+]. The molecule has 2 aromatic carbocycles. The quantitative estimate of drug-likeness (QED) is 0.260. The first-order valence-electron chi connectivity index (χ1n) is 11.9. The smallest absolute Gasteiger partial charge is 0.545 e. The number of carbonyl (C=O) groups excluding carboxylic acids is 1. The Balaban J connectivity index is 0.00000320. The van der Waals surface area contributed by atoms with Crippen molar-refractivity contribution in [1.82, 2.24) is 19.3 Å². The molecule has 3 heterocycles. The summed E-state index contributed by atoms with van der Waals surface area (Å²) in [5.74, 6) is -0.273. The van der Waals surface area contributed by atoms with Crippen molar-refractivity contribution >= 4 is 28.8 Å². The van der Waals surface area contributed by atoms with E-state index in [-0.39, 0.29) is 75.0 Å². The number of imidazole rings is 1. The molecular weight excluding hydrogens is 499 g/mol. The summed E-state index contributed by atoms with van der Waals surface area (Å²) in [6.07, 6.45) is 1.10. The summed E-state index contributed by atoms with van der Waals surface area (Å²) in [6.45, 7) is 1.82. The van der Waals surface area contributed by atoms with Gasteiger partial charge in [-0.1, -0.05) is 30.3 Å². The molecule has 2 aromatic heterocycles. The van der Waals surface area contributed by atoms with Crippen molar-refractivity contribution in [3.63, 3.8) is 0 Å². The Bertz CT molecular complexity index is 1470. The maximum atomic E-state index is 12.5. The number of aromatic carboxylic acids is 1. The van der Waals surface area contributed by atoms with Crippen molar-refractivity contribution in [3.05, 3.63) is 82.1 Å². The number of carbonyl (C=O) groups is 1. The molecule has 0 radical (unpaired) electrons. The van der Waals surface area contributed by atoms with E-state index >= 15 is 0 Å². The second-order valence-electron chi connectivity index (χ2n) is 9.16. The van der Waals surface area contributed by atoms with Crippen LogP contribution in [0.15, 0.2) is 65.5 Å². The normalized spacial score (nSPS) is 16.4. The number of piperidine rings is 1. The molecule has 186 valence electrons. The Hall–Kier alpha value is -2.54. The predicted octanol–water partition coefficient (Wildman–Crippen LogP) is -2.13. The molecule has 37 heavy (non-hydrogen) atoms. The second kappa shape index (κ2) is 11.9. The van der Waals surface area contributed by atoms with Crippen LogP contribution < -0.4 is 72.7 Å². The molecule has 0 saturated carbocycles. The Labute approximate surface area is 256 Å². The summed E-state index contributed by atoms with van der Waals surface area (Å²) < 4.78 is 3.17. The molecule has 3 N–H and O–H groups in total.